The molecule has 1 amide bonds. The maximum absolute atomic E-state index is 14.5. The summed E-state index contributed by atoms with van der Waals surface area (Å²) < 4.78 is 19.7. The van der Waals surface area contributed by atoms with Gasteiger partial charge in [-0.15, -0.1) is 0 Å². The molecule has 0 unspecified atom stereocenters. The molecule has 1 fully saturated rings. The van der Waals surface area contributed by atoms with E-state index in [0.717, 1.165) is 11.3 Å². The van der Waals surface area contributed by atoms with Crippen molar-refractivity contribution in [1.82, 2.24) is 9.97 Å². The average molecular weight is 452 g/mol. The second-order valence-corrected chi connectivity index (χ2v) is 8.04. The summed E-state index contributed by atoms with van der Waals surface area (Å²) in [6, 6.07) is 11.4. The van der Waals surface area contributed by atoms with E-state index in [9.17, 15) is 14.3 Å². The molecule has 3 aromatic rings. The topological polar surface area (TPSA) is 114 Å². The van der Waals surface area contributed by atoms with Crippen LogP contribution < -0.4 is 20.7 Å². The fourth-order valence-corrected chi connectivity index (χ4v) is 4.10. The lowest BCUT2D eigenvalue weighted by Gasteiger charge is -2.27. The number of nitrogens with two attached hydrogens (primary N) is 1. The van der Waals surface area contributed by atoms with Crippen molar-refractivity contribution in [2.24, 2.45) is 5.73 Å². The number of aromatic nitrogens is 2. The normalized spacial score (nSPS) is 17.8. The van der Waals surface area contributed by atoms with Crippen LogP contribution in [0.25, 0.3) is 11.4 Å². The third-order valence-electron chi connectivity index (χ3n) is 5.67. The molecule has 1 aliphatic rings. The SMILES string of the molecule is COc1cccc(F)c1-c1nccc(C(=O)Nc2cc(C)ccc2N2C[C@@H](N)C[C@H]2CO)n1. The number of nitrogens with zero attached hydrogens (tertiary/aromatic N) is 3. The zero-order valence-corrected chi connectivity index (χ0v) is 18.5. The van der Waals surface area contributed by atoms with Gasteiger partial charge in [0.1, 0.15) is 17.3 Å². The molecule has 4 N–H and O–H groups in total. The smallest absolute Gasteiger partial charge is 0.274 e. The molecule has 172 valence electrons. The first-order chi connectivity index (χ1) is 15.9. The number of aryl methyl sites for hydroxylation is 1. The summed E-state index contributed by atoms with van der Waals surface area (Å²) in [5.74, 6) is -0.694. The molecular weight excluding hydrogens is 425 g/mol. The van der Waals surface area contributed by atoms with Gasteiger partial charge in [-0.25, -0.2) is 14.4 Å². The van der Waals surface area contributed by atoms with E-state index < -0.39 is 11.7 Å². The molecule has 1 aromatic heterocycles. The number of ether oxygens (including phenoxy) is 1. The van der Waals surface area contributed by atoms with Crippen LogP contribution in [0.3, 0.4) is 0 Å². The lowest BCUT2D eigenvalue weighted by molar-refractivity contribution is 0.102. The number of benzene rings is 2. The highest BCUT2D eigenvalue weighted by atomic mass is 19.1. The molecule has 2 heterocycles. The Hall–Kier alpha value is -3.56. The van der Waals surface area contributed by atoms with E-state index in [-0.39, 0.29) is 41.5 Å². The minimum atomic E-state index is -0.548. The summed E-state index contributed by atoms with van der Waals surface area (Å²) in [7, 11) is 1.43. The molecule has 0 radical (unpaired) electrons. The monoisotopic (exact) mass is 451 g/mol. The van der Waals surface area contributed by atoms with Crippen molar-refractivity contribution in [3.8, 4) is 17.1 Å². The summed E-state index contributed by atoms with van der Waals surface area (Å²) in [4.78, 5) is 23.5. The fraction of sp³-hybridized carbons (Fsp3) is 0.292. The van der Waals surface area contributed by atoms with Crippen LogP contribution in [0, 0.1) is 12.7 Å². The predicted molar refractivity (Wildman–Crippen MR) is 124 cm³/mol. The average Bonchev–Trinajstić information content (AvgIpc) is 3.19. The molecule has 2 aromatic carbocycles. The third kappa shape index (κ3) is 4.64. The lowest BCUT2D eigenvalue weighted by Crippen LogP contribution is -2.33. The highest BCUT2D eigenvalue weighted by molar-refractivity contribution is 6.05. The van der Waals surface area contributed by atoms with Crippen LogP contribution in [0.2, 0.25) is 0 Å². The molecule has 0 bridgehead atoms. The predicted octanol–water partition coefficient (Wildman–Crippen LogP) is 2.75. The fourth-order valence-electron chi connectivity index (χ4n) is 4.10. The number of nitrogens with one attached hydrogen (secondary N) is 1. The Balaban J connectivity index is 1.66. The van der Waals surface area contributed by atoms with Gasteiger partial charge in [0.05, 0.1) is 36.7 Å². The van der Waals surface area contributed by atoms with Crippen LogP contribution in [0.4, 0.5) is 15.8 Å². The second kappa shape index (κ2) is 9.51. The molecule has 33 heavy (non-hydrogen) atoms. The van der Waals surface area contributed by atoms with Crippen molar-refractivity contribution in [3.05, 3.63) is 65.7 Å². The molecule has 4 rings (SSSR count). The van der Waals surface area contributed by atoms with E-state index in [0.29, 0.717) is 18.7 Å². The number of anilines is 2. The minimum absolute atomic E-state index is 0.0330. The summed E-state index contributed by atoms with van der Waals surface area (Å²) in [5.41, 5.74) is 8.58. The van der Waals surface area contributed by atoms with Gasteiger partial charge < -0.3 is 25.8 Å². The largest absolute Gasteiger partial charge is 0.496 e. The van der Waals surface area contributed by atoms with Crippen LogP contribution in [0.5, 0.6) is 5.75 Å². The zero-order valence-electron chi connectivity index (χ0n) is 18.5. The van der Waals surface area contributed by atoms with Gasteiger partial charge in [0, 0.05) is 18.8 Å². The Morgan fingerprint density at radius 2 is 2.15 bits per heavy atom. The third-order valence-corrected chi connectivity index (χ3v) is 5.67. The molecule has 0 spiro atoms. The number of halogens is 1. The number of hydrogen-bond donors (Lipinski definition) is 3. The van der Waals surface area contributed by atoms with Crippen molar-refractivity contribution >= 4 is 17.3 Å². The van der Waals surface area contributed by atoms with Crippen molar-refractivity contribution < 1.29 is 19.0 Å². The molecule has 9 heteroatoms. The number of hydrogen-bond acceptors (Lipinski definition) is 7. The van der Waals surface area contributed by atoms with Crippen molar-refractivity contribution in [2.45, 2.75) is 25.4 Å². The summed E-state index contributed by atoms with van der Waals surface area (Å²) in [6.45, 7) is 2.46. The number of aliphatic hydroxyl groups is 1. The molecule has 0 aliphatic carbocycles. The molecular formula is C24H26FN5O3. The quantitative estimate of drug-likeness (QED) is 0.528. The van der Waals surface area contributed by atoms with E-state index in [2.05, 4.69) is 15.3 Å². The van der Waals surface area contributed by atoms with Gasteiger partial charge in [0.2, 0.25) is 0 Å². The molecule has 1 saturated heterocycles. The number of rotatable bonds is 6. The van der Waals surface area contributed by atoms with Crippen LogP contribution in [0.1, 0.15) is 22.5 Å². The Bertz CT molecular complexity index is 1170. The minimum Gasteiger partial charge on any atom is -0.496 e. The van der Waals surface area contributed by atoms with Crippen LogP contribution in [0.15, 0.2) is 48.7 Å². The highest BCUT2D eigenvalue weighted by Crippen LogP contribution is 2.33. The number of carbonyl (C=O) groups is 1. The Morgan fingerprint density at radius 1 is 1.33 bits per heavy atom. The summed E-state index contributed by atoms with van der Waals surface area (Å²) in [6.07, 6.45) is 2.07. The van der Waals surface area contributed by atoms with Crippen molar-refractivity contribution in [3.63, 3.8) is 0 Å². The maximum Gasteiger partial charge on any atom is 0.274 e. The van der Waals surface area contributed by atoms with E-state index in [4.69, 9.17) is 10.5 Å². The molecule has 2 atom stereocenters. The highest BCUT2D eigenvalue weighted by Gasteiger charge is 2.31. The standard InChI is InChI=1S/C24H26FN5O3/c1-14-6-7-20(30-12-15(26)11-16(30)13-31)19(10-14)29-24(32)18-8-9-27-23(28-18)22-17(25)4-3-5-21(22)33-2/h3-10,15-16,31H,11-13,26H2,1-2H3,(H,29,32)/t15-,16-/m0/s1. The van der Waals surface area contributed by atoms with Gasteiger partial charge in [-0.3, -0.25) is 4.79 Å². The van der Waals surface area contributed by atoms with Gasteiger partial charge in [0.25, 0.3) is 5.91 Å². The van der Waals surface area contributed by atoms with Gasteiger partial charge in [-0.1, -0.05) is 12.1 Å². The Kier molecular flexibility index (Phi) is 6.52. The number of carbonyl (C=O) groups excluding carboxylic acids is 1. The maximum atomic E-state index is 14.5. The second-order valence-electron chi connectivity index (χ2n) is 8.04. The number of methoxy groups -OCH3 is 1. The van der Waals surface area contributed by atoms with E-state index in [1.54, 1.807) is 6.07 Å². The van der Waals surface area contributed by atoms with E-state index in [1.165, 1.54) is 31.5 Å². The first-order valence-corrected chi connectivity index (χ1v) is 10.6. The van der Waals surface area contributed by atoms with Gasteiger partial charge in [-0.2, -0.15) is 0 Å². The Labute approximate surface area is 191 Å². The number of amides is 1. The van der Waals surface area contributed by atoms with E-state index >= 15 is 0 Å². The lowest BCUT2D eigenvalue weighted by atomic mass is 10.1. The van der Waals surface area contributed by atoms with Gasteiger partial charge in [-0.05, 0) is 49.2 Å². The zero-order chi connectivity index (χ0) is 23.5. The van der Waals surface area contributed by atoms with Gasteiger partial charge >= 0.3 is 0 Å². The summed E-state index contributed by atoms with van der Waals surface area (Å²) >= 11 is 0. The van der Waals surface area contributed by atoms with Crippen LogP contribution in [-0.2, 0) is 0 Å². The molecule has 0 saturated carbocycles. The molecule has 1 aliphatic heterocycles. The first-order valence-electron chi connectivity index (χ1n) is 10.6. The van der Waals surface area contributed by atoms with Gasteiger partial charge in [0.15, 0.2) is 5.82 Å². The first kappa shape index (κ1) is 22.6. The number of aliphatic hydroxyl groups excluding tert-OH is 1. The Morgan fingerprint density at radius 3 is 2.91 bits per heavy atom. The van der Waals surface area contributed by atoms with Crippen LogP contribution >= 0.6 is 0 Å². The molecule has 8 nitrogen and oxygen atoms in total. The van der Waals surface area contributed by atoms with Crippen molar-refractivity contribution in [2.75, 3.05) is 30.5 Å². The van der Waals surface area contributed by atoms with E-state index in [1.807, 2.05) is 30.0 Å². The van der Waals surface area contributed by atoms with Crippen LogP contribution in [-0.4, -0.2) is 53.3 Å². The van der Waals surface area contributed by atoms with Crippen molar-refractivity contribution in [1.29, 1.82) is 0 Å². The summed E-state index contributed by atoms with van der Waals surface area (Å²) in [5, 5.41) is 12.7.